The minimum absolute atomic E-state index is 0.740. The lowest BCUT2D eigenvalue weighted by molar-refractivity contribution is 0.975. The van der Waals surface area contributed by atoms with Crippen LogP contribution in [-0.2, 0) is 12.2 Å². The summed E-state index contributed by atoms with van der Waals surface area (Å²) in [6.07, 6.45) is 2.92. The highest BCUT2D eigenvalue weighted by molar-refractivity contribution is 8.38. The summed E-state index contributed by atoms with van der Waals surface area (Å²) >= 11 is 9.64. The maximum absolute atomic E-state index is 6.20. The van der Waals surface area contributed by atoms with Crippen molar-refractivity contribution >= 4 is 45.2 Å². The van der Waals surface area contributed by atoms with Crippen LogP contribution in [0.4, 0.5) is 5.69 Å². The van der Waals surface area contributed by atoms with Gasteiger partial charge in [-0.2, -0.15) is 0 Å². The number of aryl methyl sites for hydroxylation is 1. The predicted octanol–water partition coefficient (Wildman–Crippen LogP) is 5.15. The smallest absolute Gasteiger partial charge is 0.124 e. The molecule has 0 aromatic heterocycles. The van der Waals surface area contributed by atoms with Gasteiger partial charge in [-0.3, -0.25) is 4.99 Å². The Morgan fingerprint density at radius 3 is 2.64 bits per heavy atom. The molecule has 0 saturated carbocycles. The van der Waals surface area contributed by atoms with Crippen LogP contribution in [0.5, 0.6) is 0 Å². The van der Waals surface area contributed by atoms with Crippen molar-refractivity contribution in [2.24, 2.45) is 10.8 Å². The van der Waals surface area contributed by atoms with Gasteiger partial charge in [0.25, 0.3) is 0 Å². The van der Waals surface area contributed by atoms with Gasteiger partial charge in [-0.25, -0.2) is 5.84 Å². The molecule has 6 heteroatoms. The van der Waals surface area contributed by atoms with Gasteiger partial charge in [0, 0.05) is 24.4 Å². The molecule has 0 fully saturated rings. The monoisotopic (exact) mass is 393 g/mol. The fraction of sp³-hybridized carbons (Fsp3) is 0.316. The highest BCUT2D eigenvalue weighted by Gasteiger charge is 2.10. The van der Waals surface area contributed by atoms with E-state index >= 15 is 0 Å². The van der Waals surface area contributed by atoms with Crippen molar-refractivity contribution in [1.82, 2.24) is 0 Å². The standard InChI is InChI=1S/C19H24ClN3S2/c1-14-7-6-10-18(23(2)21)16(14)13-25-19(24-3)22-12-11-15-8-4-5-9-17(15)20/h4-10H,11-13,21H2,1-3H3. The summed E-state index contributed by atoms with van der Waals surface area (Å²) in [4.78, 5) is 4.74. The average molecular weight is 394 g/mol. The summed E-state index contributed by atoms with van der Waals surface area (Å²) < 4.78 is 1.08. The average Bonchev–Trinajstić information content (AvgIpc) is 2.60. The van der Waals surface area contributed by atoms with Gasteiger partial charge < -0.3 is 5.01 Å². The molecule has 2 aromatic carbocycles. The van der Waals surface area contributed by atoms with Crippen LogP contribution in [0.2, 0.25) is 5.02 Å². The van der Waals surface area contributed by atoms with Crippen LogP contribution in [0.1, 0.15) is 16.7 Å². The second-order valence-corrected chi connectivity index (χ2v) is 8.09. The first-order valence-corrected chi connectivity index (χ1v) is 10.6. The van der Waals surface area contributed by atoms with Crippen molar-refractivity contribution in [2.45, 2.75) is 19.1 Å². The van der Waals surface area contributed by atoms with Crippen molar-refractivity contribution in [3.8, 4) is 0 Å². The topological polar surface area (TPSA) is 41.6 Å². The van der Waals surface area contributed by atoms with Gasteiger partial charge in [-0.1, -0.05) is 53.7 Å². The maximum atomic E-state index is 6.20. The van der Waals surface area contributed by atoms with Crippen LogP contribution in [0.15, 0.2) is 47.5 Å². The van der Waals surface area contributed by atoms with Crippen LogP contribution in [0, 0.1) is 6.92 Å². The summed E-state index contributed by atoms with van der Waals surface area (Å²) in [5.74, 6) is 6.81. The lowest BCUT2D eigenvalue weighted by Crippen LogP contribution is -2.26. The quantitative estimate of drug-likeness (QED) is 0.319. The number of anilines is 1. The Hall–Kier alpha value is -1.14. The first kappa shape index (κ1) is 20.2. The Bertz CT molecular complexity index is 732. The molecule has 2 N–H and O–H groups in total. The van der Waals surface area contributed by atoms with Crippen LogP contribution in [0.25, 0.3) is 0 Å². The Kier molecular flexibility index (Phi) is 8.16. The molecule has 2 aromatic rings. The van der Waals surface area contributed by atoms with Gasteiger partial charge in [0.15, 0.2) is 0 Å². The molecule has 0 atom stereocenters. The zero-order chi connectivity index (χ0) is 18.2. The van der Waals surface area contributed by atoms with Crippen LogP contribution < -0.4 is 10.9 Å². The Morgan fingerprint density at radius 1 is 1.20 bits per heavy atom. The number of benzene rings is 2. The Balaban J connectivity index is 2.00. The molecule has 0 amide bonds. The van der Waals surface area contributed by atoms with Crippen molar-refractivity contribution < 1.29 is 0 Å². The number of halogens is 1. The van der Waals surface area contributed by atoms with Crippen molar-refractivity contribution in [1.29, 1.82) is 0 Å². The number of hydrogen-bond acceptors (Lipinski definition) is 5. The number of rotatable bonds is 6. The molecule has 2 rings (SSSR count). The van der Waals surface area contributed by atoms with E-state index < -0.39 is 0 Å². The third-order valence-corrected chi connectivity index (χ3v) is 6.37. The van der Waals surface area contributed by atoms with Crippen LogP contribution in [0.3, 0.4) is 0 Å². The minimum Gasteiger partial charge on any atom is -0.314 e. The second kappa shape index (κ2) is 10.1. The molecule has 0 unspecified atom stereocenters. The van der Waals surface area contributed by atoms with E-state index in [4.69, 9.17) is 22.4 Å². The van der Waals surface area contributed by atoms with Gasteiger partial charge in [0.2, 0.25) is 0 Å². The van der Waals surface area contributed by atoms with Gasteiger partial charge in [-0.15, -0.1) is 11.8 Å². The number of hydrazine groups is 1. The zero-order valence-corrected chi connectivity index (χ0v) is 17.2. The molecule has 0 spiro atoms. The summed E-state index contributed by atoms with van der Waals surface area (Å²) in [5.41, 5.74) is 4.71. The lowest BCUT2D eigenvalue weighted by atomic mass is 10.1. The number of hydrogen-bond donors (Lipinski definition) is 1. The fourth-order valence-electron chi connectivity index (χ4n) is 2.48. The normalized spacial score (nSPS) is 11.6. The van der Waals surface area contributed by atoms with Crippen molar-refractivity contribution in [2.75, 3.05) is 24.9 Å². The highest BCUT2D eigenvalue weighted by atomic mass is 35.5. The van der Waals surface area contributed by atoms with Crippen LogP contribution in [-0.4, -0.2) is 24.2 Å². The van der Waals surface area contributed by atoms with E-state index in [1.807, 2.05) is 31.3 Å². The Morgan fingerprint density at radius 2 is 1.96 bits per heavy atom. The molecule has 134 valence electrons. The van der Waals surface area contributed by atoms with Gasteiger partial charge in [0.1, 0.15) is 4.38 Å². The predicted molar refractivity (Wildman–Crippen MR) is 116 cm³/mol. The SMILES string of the molecule is CSC(=NCCc1ccccc1Cl)SCc1c(C)cccc1N(C)N. The van der Waals surface area contributed by atoms with Crippen LogP contribution >= 0.6 is 35.1 Å². The largest absolute Gasteiger partial charge is 0.314 e. The van der Waals surface area contributed by atoms with E-state index in [-0.39, 0.29) is 0 Å². The van der Waals surface area contributed by atoms with E-state index in [2.05, 4.69) is 31.4 Å². The lowest BCUT2D eigenvalue weighted by Gasteiger charge is -2.18. The highest BCUT2D eigenvalue weighted by Crippen LogP contribution is 2.28. The van der Waals surface area contributed by atoms with Gasteiger partial charge in [-0.05, 0) is 48.4 Å². The molecule has 3 nitrogen and oxygen atoms in total. The first-order chi connectivity index (χ1) is 12.0. The third-order valence-electron chi connectivity index (χ3n) is 3.86. The molecule has 25 heavy (non-hydrogen) atoms. The first-order valence-electron chi connectivity index (χ1n) is 8.04. The molecular weight excluding hydrogens is 370 g/mol. The molecule has 0 bridgehead atoms. The number of nitrogens with two attached hydrogens (primary N) is 1. The number of nitrogens with zero attached hydrogens (tertiary/aromatic N) is 2. The molecule has 0 aliphatic heterocycles. The van der Waals surface area contributed by atoms with Gasteiger partial charge >= 0.3 is 0 Å². The Labute approximate surface area is 164 Å². The molecule has 0 aliphatic carbocycles. The van der Waals surface area contributed by atoms with Gasteiger partial charge in [0.05, 0.1) is 5.69 Å². The summed E-state index contributed by atoms with van der Waals surface area (Å²) in [6, 6.07) is 14.2. The number of thioether (sulfide) groups is 2. The van der Waals surface area contributed by atoms with Crippen molar-refractivity contribution in [3.05, 3.63) is 64.2 Å². The second-order valence-electron chi connectivity index (χ2n) is 5.67. The van der Waals surface area contributed by atoms with E-state index in [9.17, 15) is 0 Å². The molecule has 0 saturated heterocycles. The summed E-state index contributed by atoms with van der Waals surface area (Å²) in [5, 5.41) is 2.49. The summed E-state index contributed by atoms with van der Waals surface area (Å²) in [7, 11) is 1.87. The summed E-state index contributed by atoms with van der Waals surface area (Å²) in [6.45, 7) is 2.86. The molecular formula is C19H24ClN3S2. The van der Waals surface area contributed by atoms with E-state index in [1.165, 1.54) is 11.1 Å². The fourth-order valence-corrected chi connectivity index (χ4v) is 4.40. The zero-order valence-electron chi connectivity index (χ0n) is 14.8. The third kappa shape index (κ3) is 5.96. The van der Waals surface area contributed by atoms with E-state index in [0.29, 0.717) is 0 Å². The minimum atomic E-state index is 0.740. The van der Waals surface area contributed by atoms with E-state index in [1.54, 1.807) is 28.5 Å². The maximum Gasteiger partial charge on any atom is 0.124 e. The number of aliphatic imine (C=N–C) groups is 1. The molecule has 0 heterocycles. The van der Waals surface area contributed by atoms with Crippen molar-refractivity contribution in [3.63, 3.8) is 0 Å². The van der Waals surface area contributed by atoms with E-state index in [0.717, 1.165) is 39.4 Å². The molecule has 0 aliphatic rings. The molecule has 0 radical (unpaired) electrons.